The topological polar surface area (TPSA) is 98.2 Å². The molecule has 7 heteroatoms. The Kier molecular flexibility index (Phi) is 2.80. The lowest BCUT2D eigenvalue weighted by atomic mass is 10.2. The van der Waals surface area contributed by atoms with Gasteiger partial charge in [0.15, 0.2) is 0 Å². The molecule has 0 saturated heterocycles. The summed E-state index contributed by atoms with van der Waals surface area (Å²) >= 11 is 0. The van der Waals surface area contributed by atoms with Gasteiger partial charge in [-0.3, -0.25) is 4.79 Å². The van der Waals surface area contributed by atoms with Crippen LogP contribution in [0.4, 0.5) is 4.39 Å². The molecule has 0 atom stereocenters. The van der Waals surface area contributed by atoms with Crippen LogP contribution in [0.2, 0.25) is 0 Å². The van der Waals surface area contributed by atoms with Crippen molar-refractivity contribution < 1.29 is 19.1 Å². The zero-order valence-corrected chi connectivity index (χ0v) is 9.00. The van der Waals surface area contributed by atoms with E-state index in [2.05, 4.69) is 5.10 Å². The molecule has 92 valence electrons. The van der Waals surface area contributed by atoms with Crippen LogP contribution in [0, 0.1) is 5.82 Å². The second kappa shape index (κ2) is 4.28. The molecule has 1 aromatic carbocycles. The smallest absolute Gasteiger partial charge is 0.335 e. The van der Waals surface area contributed by atoms with Gasteiger partial charge in [0.2, 0.25) is 0 Å². The number of halogens is 1. The van der Waals surface area contributed by atoms with Crippen molar-refractivity contribution in [2.75, 3.05) is 0 Å². The Bertz CT molecular complexity index is 636. The van der Waals surface area contributed by atoms with Crippen LogP contribution in [0.25, 0.3) is 5.69 Å². The molecule has 6 nitrogen and oxygen atoms in total. The summed E-state index contributed by atoms with van der Waals surface area (Å²) in [5.41, 5.74) is 4.88. The number of benzene rings is 1. The molecule has 2 aromatic rings. The second-order valence-electron chi connectivity index (χ2n) is 3.48. The number of carbonyl (C=O) groups excluding carboxylic acids is 1. The van der Waals surface area contributed by atoms with Gasteiger partial charge in [-0.15, -0.1) is 0 Å². The number of primary amides is 1. The highest BCUT2D eigenvalue weighted by molar-refractivity contribution is 5.90. The summed E-state index contributed by atoms with van der Waals surface area (Å²) in [6, 6.07) is 4.72. The van der Waals surface area contributed by atoms with Crippen molar-refractivity contribution in [1.29, 1.82) is 0 Å². The highest BCUT2D eigenvalue weighted by atomic mass is 19.1. The monoisotopic (exact) mass is 249 g/mol. The Hall–Kier alpha value is -2.70. The van der Waals surface area contributed by atoms with Crippen molar-refractivity contribution in [3.63, 3.8) is 0 Å². The number of carboxylic acid groups (broad SMARTS) is 1. The SMILES string of the molecule is NC(=O)c1ccn(-c2ccc(C(=O)O)cc2F)n1. The Balaban J connectivity index is 2.44. The lowest BCUT2D eigenvalue weighted by molar-refractivity contribution is 0.0696. The minimum absolute atomic E-state index is 0.00305. The highest BCUT2D eigenvalue weighted by Crippen LogP contribution is 2.15. The summed E-state index contributed by atoms with van der Waals surface area (Å²) < 4.78 is 14.8. The third-order valence-electron chi connectivity index (χ3n) is 2.28. The minimum atomic E-state index is -1.22. The molecule has 0 spiro atoms. The van der Waals surface area contributed by atoms with E-state index in [-0.39, 0.29) is 16.9 Å². The van der Waals surface area contributed by atoms with E-state index in [1.165, 1.54) is 24.4 Å². The second-order valence-corrected chi connectivity index (χ2v) is 3.48. The third-order valence-corrected chi connectivity index (χ3v) is 2.28. The van der Waals surface area contributed by atoms with Crippen molar-refractivity contribution in [2.45, 2.75) is 0 Å². The molecule has 1 amide bonds. The van der Waals surface area contributed by atoms with Crippen molar-refractivity contribution in [3.05, 3.63) is 47.5 Å². The number of carbonyl (C=O) groups is 2. The summed E-state index contributed by atoms with van der Waals surface area (Å²) in [6.45, 7) is 0. The average molecular weight is 249 g/mol. The van der Waals surface area contributed by atoms with Crippen LogP contribution in [0.15, 0.2) is 30.5 Å². The third kappa shape index (κ3) is 2.05. The first-order chi connectivity index (χ1) is 8.49. The van der Waals surface area contributed by atoms with Gasteiger partial charge in [-0.2, -0.15) is 5.10 Å². The van der Waals surface area contributed by atoms with E-state index in [1.807, 2.05) is 0 Å². The molecular formula is C11H8FN3O3. The largest absolute Gasteiger partial charge is 0.478 e. The average Bonchev–Trinajstić information content (AvgIpc) is 2.78. The Morgan fingerprint density at radius 2 is 2.06 bits per heavy atom. The van der Waals surface area contributed by atoms with Crippen molar-refractivity contribution >= 4 is 11.9 Å². The maximum atomic E-state index is 13.7. The number of nitrogens with zero attached hydrogens (tertiary/aromatic N) is 2. The molecule has 1 heterocycles. The Morgan fingerprint density at radius 1 is 1.33 bits per heavy atom. The van der Waals surface area contributed by atoms with E-state index in [0.717, 1.165) is 10.7 Å². The summed E-state index contributed by atoms with van der Waals surface area (Å²) in [6.07, 6.45) is 1.36. The number of nitrogens with two attached hydrogens (primary N) is 1. The minimum Gasteiger partial charge on any atom is -0.478 e. The Morgan fingerprint density at radius 3 is 2.56 bits per heavy atom. The maximum absolute atomic E-state index is 13.7. The molecule has 3 N–H and O–H groups in total. The lowest BCUT2D eigenvalue weighted by Gasteiger charge is -2.03. The number of hydrogen-bond acceptors (Lipinski definition) is 3. The van der Waals surface area contributed by atoms with Gasteiger partial charge in [0.25, 0.3) is 5.91 Å². The molecule has 0 aliphatic rings. The molecule has 2 rings (SSSR count). The van der Waals surface area contributed by atoms with E-state index in [9.17, 15) is 14.0 Å². The quantitative estimate of drug-likeness (QED) is 0.840. The van der Waals surface area contributed by atoms with Crippen molar-refractivity contribution in [3.8, 4) is 5.69 Å². The number of rotatable bonds is 3. The molecule has 0 fully saturated rings. The van der Waals surface area contributed by atoms with E-state index in [1.54, 1.807) is 0 Å². The standard InChI is InChI=1S/C11H8FN3O3/c12-7-5-6(11(17)18)1-2-9(7)15-4-3-8(14-15)10(13)16/h1-5H,(H2,13,16)(H,17,18). The zero-order chi connectivity index (χ0) is 13.3. The van der Waals surface area contributed by atoms with Gasteiger partial charge in [0.05, 0.1) is 5.56 Å². The normalized spacial score (nSPS) is 10.3. The first-order valence-corrected chi connectivity index (χ1v) is 4.87. The number of aromatic nitrogens is 2. The molecule has 0 unspecified atom stereocenters. The van der Waals surface area contributed by atoms with Crippen LogP contribution in [0.1, 0.15) is 20.8 Å². The predicted molar refractivity (Wildman–Crippen MR) is 59.0 cm³/mol. The van der Waals surface area contributed by atoms with Crippen molar-refractivity contribution in [1.82, 2.24) is 9.78 Å². The molecule has 18 heavy (non-hydrogen) atoms. The van der Waals surface area contributed by atoms with Gasteiger partial charge >= 0.3 is 5.97 Å². The van der Waals surface area contributed by atoms with E-state index in [0.29, 0.717) is 0 Å². The predicted octanol–water partition coefficient (Wildman–Crippen LogP) is 0.808. The fraction of sp³-hybridized carbons (Fsp3) is 0. The van der Waals surface area contributed by atoms with Crippen molar-refractivity contribution in [2.24, 2.45) is 5.73 Å². The van der Waals surface area contributed by atoms with Gasteiger partial charge in [-0.05, 0) is 24.3 Å². The van der Waals surface area contributed by atoms with Crippen LogP contribution in [-0.2, 0) is 0 Å². The molecule has 0 saturated carbocycles. The maximum Gasteiger partial charge on any atom is 0.335 e. The molecule has 0 aliphatic carbocycles. The Labute approximate surface area is 100 Å². The van der Waals surface area contributed by atoms with Gasteiger partial charge in [0, 0.05) is 6.20 Å². The van der Waals surface area contributed by atoms with Crippen LogP contribution in [0.5, 0.6) is 0 Å². The summed E-state index contributed by atoms with van der Waals surface area (Å²) in [5.74, 6) is -2.70. The number of carboxylic acids is 1. The zero-order valence-electron chi connectivity index (χ0n) is 9.00. The van der Waals surface area contributed by atoms with Gasteiger partial charge in [-0.1, -0.05) is 0 Å². The first kappa shape index (κ1) is 11.8. The fourth-order valence-corrected chi connectivity index (χ4v) is 1.42. The van der Waals surface area contributed by atoms with Gasteiger partial charge < -0.3 is 10.8 Å². The molecule has 1 aromatic heterocycles. The summed E-state index contributed by atoms with van der Waals surface area (Å²) in [7, 11) is 0. The van der Waals surface area contributed by atoms with E-state index < -0.39 is 17.7 Å². The summed E-state index contributed by atoms with van der Waals surface area (Å²) in [5, 5.41) is 12.5. The van der Waals surface area contributed by atoms with Crippen LogP contribution >= 0.6 is 0 Å². The summed E-state index contributed by atoms with van der Waals surface area (Å²) in [4.78, 5) is 21.5. The molecule has 0 radical (unpaired) electrons. The van der Waals surface area contributed by atoms with Crippen LogP contribution in [-0.4, -0.2) is 26.8 Å². The van der Waals surface area contributed by atoms with Crippen LogP contribution < -0.4 is 5.73 Å². The van der Waals surface area contributed by atoms with Gasteiger partial charge in [0.1, 0.15) is 17.2 Å². The number of hydrogen-bond donors (Lipinski definition) is 2. The molecule has 0 aliphatic heterocycles. The van der Waals surface area contributed by atoms with E-state index in [4.69, 9.17) is 10.8 Å². The first-order valence-electron chi connectivity index (χ1n) is 4.87. The highest BCUT2D eigenvalue weighted by Gasteiger charge is 2.12. The van der Waals surface area contributed by atoms with E-state index >= 15 is 0 Å². The fourth-order valence-electron chi connectivity index (χ4n) is 1.42. The van der Waals surface area contributed by atoms with Gasteiger partial charge in [-0.25, -0.2) is 13.9 Å². The number of amides is 1. The molecule has 0 bridgehead atoms. The van der Waals surface area contributed by atoms with Crippen LogP contribution in [0.3, 0.4) is 0 Å². The number of aromatic carboxylic acids is 1. The lowest BCUT2D eigenvalue weighted by Crippen LogP contribution is -2.12. The molecular weight excluding hydrogens is 241 g/mol.